The van der Waals surface area contributed by atoms with E-state index < -0.39 is 0 Å². The summed E-state index contributed by atoms with van der Waals surface area (Å²) in [6, 6.07) is 12.8. The van der Waals surface area contributed by atoms with Crippen LogP contribution in [0.3, 0.4) is 0 Å². The van der Waals surface area contributed by atoms with Gasteiger partial charge in [0.1, 0.15) is 0 Å². The summed E-state index contributed by atoms with van der Waals surface area (Å²) in [5.74, 6) is 0.495. The summed E-state index contributed by atoms with van der Waals surface area (Å²) in [5.41, 5.74) is 1.36. The van der Waals surface area contributed by atoms with Gasteiger partial charge in [0.25, 0.3) is 0 Å². The van der Waals surface area contributed by atoms with Gasteiger partial charge in [-0.2, -0.15) is 5.26 Å². The van der Waals surface area contributed by atoms with Crippen LogP contribution < -0.4 is 0 Å². The molecule has 0 saturated carbocycles. The number of hydrogen-bond acceptors (Lipinski definition) is 2. The maximum Gasteiger partial charge on any atom is 0.0635 e. The Kier molecular flexibility index (Phi) is 6.91. The van der Waals surface area contributed by atoms with Gasteiger partial charge in [0.15, 0.2) is 0 Å². The molecule has 0 heterocycles. The zero-order chi connectivity index (χ0) is 12.5. The second-order valence-electron chi connectivity index (χ2n) is 4.06. The predicted octanol–water partition coefficient (Wildman–Crippen LogP) is 3.40. The molecule has 1 aromatic carbocycles. The standard InChI is InChI=1S/C14H19BrN2/c1-2-17(10-6-9-16)12-14(11-15)13-7-4-3-5-8-13/h3-5,7-8,14H,2,6,10-12H2,1H3. The summed E-state index contributed by atoms with van der Waals surface area (Å²) in [5, 5.41) is 9.59. The molecule has 0 aliphatic rings. The fraction of sp³-hybridized carbons (Fsp3) is 0.500. The average Bonchev–Trinajstić information content (AvgIpc) is 2.40. The van der Waals surface area contributed by atoms with Gasteiger partial charge >= 0.3 is 0 Å². The smallest absolute Gasteiger partial charge is 0.0635 e. The van der Waals surface area contributed by atoms with Gasteiger partial charge < -0.3 is 4.90 Å². The van der Waals surface area contributed by atoms with Crippen molar-refractivity contribution >= 4 is 15.9 Å². The van der Waals surface area contributed by atoms with Crippen LogP contribution in [-0.4, -0.2) is 29.9 Å². The maximum absolute atomic E-state index is 8.63. The van der Waals surface area contributed by atoms with E-state index in [0.29, 0.717) is 12.3 Å². The van der Waals surface area contributed by atoms with Crippen LogP contribution in [-0.2, 0) is 0 Å². The number of rotatable bonds is 7. The van der Waals surface area contributed by atoms with Crippen molar-refractivity contribution in [3.8, 4) is 6.07 Å². The third-order valence-corrected chi connectivity index (χ3v) is 3.70. The summed E-state index contributed by atoms with van der Waals surface area (Å²) in [4.78, 5) is 2.34. The van der Waals surface area contributed by atoms with E-state index in [2.05, 4.69) is 58.1 Å². The van der Waals surface area contributed by atoms with E-state index in [1.54, 1.807) is 0 Å². The molecular weight excluding hydrogens is 276 g/mol. The topological polar surface area (TPSA) is 27.0 Å². The molecule has 0 fully saturated rings. The molecule has 2 nitrogen and oxygen atoms in total. The molecule has 0 amide bonds. The number of likely N-dealkylation sites (N-methyl/N-ethyl adjacent to an activating group) is 1. The van der Waals surface area contributed by atoms with E-state index in [4.69, 9.17) is 5.26 Å². The number of hydrogen-bond donors (Lipinski definition) is 0. The Hall–Kier alpha value is -0.850. The normalized spacial score (nSPS) is 12.4. The summed E-state index contributed by atoms with van der Waals surface area (Å²) >= 11 is 3.59. The molecule has 0 aromatic heterocycles. The average molecular weight is 295 g/mol. The van der Waals surface area contributed by atoms with Gasteiger partial charge in [-0.1, -0.05) is 53.2 Å². The van der Waals surface area contributed by atoms with Crippen LogP contribution in [0.2, 0.25) is 0 Å². The van der Waals surface area contributed by atoms with E-state index >= 15 is 0 Å². The van der Waals surface area contributed by atoms with Crippen LogP contribution in [0.15, 0.2) is 30.3 Å². The van der Waals surface area contributed by atoms with Crippen LogP contribution in [0.25, 0.3) is 0 Å². The first-order chi connectivity index (χ1) is 8.31. The Morgan fingerprint density at radius 3 is 2.59 bits per heavy atom. The second kappa shape index (κ2) is 8.27. The van der Waals surface area contributed by atoms with E-state index in [0.717, 1.165) is 25.0 Å². The lowest BCUT2D eigenvalue weighted by atomic mass is 10.0. The zero-order valence-corrected chi connectivity index (χ0v) is 11.9. The highest BCUT2D eigenvalue weighted by molar-refractivity contribution is 9.09. The molecule has 17 heavy (non-hydrogen) atoms. The highest BCUT2D eigenvalue weighted by Gasteiger charge is 2.13. The lowest BCUT2D eigenvalue weighted by Gasteiger charge is -2.24. The fourth-order valence-corrected chi connectivity index (χ4v) is 2.45. The third-order valence-electron chi connectivity index (χ3n) is 2.92. The van der Waals surface area contributed by atoms with Crippen LogP contribution in [0, 0.1) is 11.3 Å². The SMILES string of the molecule is CCN(CCC#N)CC(CBr)c1ccccc1. The molecule has 0 aliphatic carbocycles. The van der Waals surface area contributed by atoms with Crippen LogP contribution in [0.1, 0.15) is 24.8 Å². The third kappa shape index (κ3) is 4.89. The first kappa shape index (κ1) is 14.2. The zero-order valence-electron chi connectivity index (χ0n) is 10.3. The Morgan fingerprint density at radius 1 is 1.35 bits per heavy atom. The van der Waals surface area contributed by atoms with Gasteiger partial charge in [0, 0.05) is 30.8 Å². The van der Waals surface area contributed by atoms with Gasteiger partial charge in [0.05, 0.1) is 6.07 Å². The van der Waals surface area contributed by atoms with Crippen molar-refractivity contribution in [3.05, 3.63) is 35.9 Å². The van der Waals surface area contributed by atoms with Crippen molar-refractivity contribution in [1.29, 1.82) is 5.26 Å². The summed E-state index contributed by atoms with van der Waals surface area (Å²) in [6.45, 7) is 5.02. The Balaban J connectivity index is 2.59. The van der Waals surface area contributed by atoms with Gasteiger partial charge in [-0.25, -0.2) is 0 Å². The van der Waals surface area contributed by atoms with E-state index in [-0.39, 0.29) is 0 Å². The Morgan fingerprint density at radius 2 is 2.06 bits per heavy atom. The molecule has 1 atom stereocenters. The van der Waals surface area contributed by atoms with Crippen molar-refractivity contribution in [1.82, 2.24) is 4.90 Å². The van der Waals surface area contributed by atoms with Crippen LogP contribution in [0.4, 0.5) is 0 Å². The first-order valence-electron chi connectivity index (χ1n) is 6.02. The van der Waals surface area contributed by atoms with Crippen molar-refractivity contribution in [2.75, 3.05) is 25.0 Å². The number of alkyl halides is 1. The number of halogens is 1. The fourth-order valence-electron chi connectivity index (χ4n) is 1.87. The number of benzene rings is 1. The highest BCUT2D eigenvalue weighted by Crippen LogP contribution is 2.19. The van der Waals surface area contributed by atoms with Gasteiger partial charge in [-0.05, 0) is 12.1 Å². The largest absolute Gasteiger partial charge is 0.302 e. The first-order valence-corrected chi connectivity index (χ1v) is 7.14. The van der Waals surface area contributed by atoms with E-state index in [1.165, 1.54) is 5.56 Å². The van der Waals surface area contributed by atoms with Crippen molar-refractivity contribution in [3.63, 3.8) is 0 Å². The predicted molar refractivity (Wildman–Crippen MR) is 75.3 cm³/mol. The molecule has 1 unspecified atom stereocenters. The molecule has 0 N–H and O–H groups in total. The molecule has 3 heteroatoms. The maximum atomic E-state index is 8.63. The number of nitriles is 1. The van der Waals surface area contributed by atoms with Crippen molar-refractivity contribution in [2.45, 2.75) is 19.3 Å². The lowest BCUT2D eigenvalue weighted by molar-refractivity contribution is 0.282. The van der Waals surface area contributed by atoms with Gasteiger partial charge in [-0.3, -0.25) is 0 Å². The molecule has 1 aromatic rings. The molecule has 0 aliphatic heterocycles. The molecule has 92 valence electrons. The van der Waals surface area contributed by atoms with Crippen LogP contribution >= 0.6 is 15.9 Å². The summed E-state index contributed by atoms with van der Waals surface area (Å²) < 4.78 is 0. The quantitative estimate of drug-likeness (QED) is 0.721. The highest BCUT2D eigenvalue weighted by atomic mass is 79.9. The molecule has 1 rings (SSSR count). The Bertz CT molecular complexity index is 345. The number of nitrogens with zero attached hydrogens (tertiary/aromatic N) is 2. The molecular formula is C14H19BrN2. The minimum absolute atomic E-state index is 0.495. The summed E-state index contributed by atoms with van der Waals surface area (Å²) in [6.07, 6.45) is 0.609. The van der Waals surface area contributed by atoms with Crippen molar-refractivity contribution in [2.24, 2.45) is 0 Å². The lowest BCUT2D eigenvalue weighted by Crippen LogP contribution is -2.30. The molecule has 0 radical (unpaired) electrons. The second-order valence-corrected chi connectivity index (χ2v) is 4.71. The molecule has 0 bridgehead atoms. The molecule has 0 saturated heterocycles. The summed E-state index contributed by atoms with van der Waals surface area (Å²) in [7, 11) is 0. The van der Waals surface area contributed by atoms with Gasteiger partial charge in [0.2, 0.25) is 0 Å². The Labute approximate surface area is 112 Å². The van der Waals surface area contributed by atoms with Crippen LogP contribution in [0.5, 0.6) is 0 Å². The monoisotopic (exact) mass is 294 g/mol. The van der Waals surface area contributed by atoms with E-state index in [9.17, 15) is 0 Å². The van der Waals surface area contributed by atoms with E-state index in [1.807, 2.05) is 6.07 Å². The van der Waals surface area contributed by atoms with Gasteiger partial charge in [-0.15, -0.1) is 0 Å². The molecule has 0 spiro atoms. The minimum atomic E-state index is 0.495. The minimum Gasteiger partial charge on any atom is -0.302 e. The van der Waals surface area contributed by atoms with Crippen molar-refractivity contribution < 1.29 is 0 Å².